The normalized spacial score (nSPS) is 13.2. The Labute approximate surface area is 127 Å². The fourth-order valence-electron chi connectivity index (χ4n) is 2.06. The van der Waals surface area contributed by atoms with Crippen molar-refractivity contribution in [3.8, 4) is 0 Å². The van der Waals surface area contributed by atoms with E-state index < -0.39 is 25.2 Å². The molecule has 0 saturated carbocycles. The van der Waals surface area contributed by atoms with Crippen molar-refractivity contribution >= 4 is 31.1 Å². The summed E-state index contributed by atoms with van der Waals surface area (Å²) in [6.45, 7) is 19.4. The van der Waals surface area contributed by atoms with Crippen molar-refractivity contribution in [2.75, 3.05) is 13.6 Å². The highest BCUT2D eigenvalue weighted by atomic mass is 28.5. The van der Waals surface area contributed by atoms with E-state index in [2.05, 4.69) is 52.4 Å². The minimum Gasteiger partial charge on any atom is -0.437 e. The standard InChI is InChI=1S/C13H31NO3Si3/c1-10-13(15)14(2)11-12-20(9,16-18(3,4)5)17-19(6,7)8/h10H,1,11-12H2,2-9H3. The van der Waals surface area contributed by atoms with E-state index in [1.807, 2.05) is 0 Å². The third-order valence-electron chi connectivity index (χ3n) is 2.50. The number of nitrogens with zero attached hydrogens (tertiary/aromatic N) is 1. The Morgan fingerprint density at radius 1 is 1.05 bits per heavy atom. The molecule has 7 heteroatoms. The Hall–Kier alpha value is -0.219. The molecule has 0 rings (SSSR count). The van der Waals surface area contributed by atoms with Crippen LogP contribution in [0.3, 0.4) is 0 Å². The topological polar surface area (TPSA) is 38.8 Å². The lowest BCUT2D eigenvalue weighted by molar-refractivity contribution is -0.124. The van der Waals surface area contributed by atoms with Gasteiger partial charge in [0.15, 0.2) is 16.6 Å². The van der Waals surface area contributed by atoms with E-state index in [0.29, 0.717) is 6.54 Å². The summed E-state index contributed by atoms with van der Waals surface area (Å²) < 4.78 is 12.8. The Kier molecular flexibility index (Phi) is 7.09. The Morgan fingerprint density at radius 2 is 1.45 bits per heavy atom. The summed E-state index contributed by atoms with van der Waals surface area (Å²) in [5.41, 5.74) is 0. The SMILES string of the molecule is C=CC(=O)N(C)CC[Si](C)(O[Si](C)(C)C)O[Si](C)(C)C. The number of carbonyl (C=O) groups excluding carboxylic acids is 1. The van der Waals surface area contributed by atoms with Gasteiger partial charge in [-0.15, -0.1) is 0 Å². The van der Waals surface area contributed by atoms with E-state index in [1.54, 1.807) is 11.9 Å². The maximum Gasteiger partial charge on any atom is 0.316 e. The Morgan fingerprint density at radius 3 is 1.75 bits per heavy atom. The van der Waals surface area contributed by atoms with Gasteiger partial charge in [-0.25, -0.2) is 0 Å². The third kappa shape index (κ3) is 8.85. The summed E-state index contributed by atoms with van der Waals surface area (Å²) in [5, 5.41) is 0. The Bertz CT molecular complexity index is 332. The highest BCUT2D eigenvalue weighted by Crippen LogP contribution is 2.24. The van der Waals surface area contributed by atoms with Gasteiger partial charge in [0.1, 0.15) is 0 Å². The maximum absolute atomic E-state index is 11.6. The van der Waals surface area contributed by atoms with E-state index in [9.17, 15) is 4.79 Å². The van der Waals surface area contributed by atoms with E-state index >= 15 is 0 Å². The van der Waals surface area contributed by atoms with Crippen LogP contribution in [-0.4, -0.2) is 49.6 Å². The molecular formula is C13H31NO3Si3. The van der Waals surface area contributed by atoms with Crippen LogP contribution in [0, 0.1) is 0 Å². The number of likely N-dealkylation sites (N-methyl/N-ethyl adjacent to an activating group) is 1. The lowest BCUT2D eigenvalue weighted by Gasteiger charge is -2.39. The van der Waals surface area contributed by atoms with Crippen LogP contribution < -0.4 is 0 Å². The third-order valence-corrected chi connectivity index (χ3v) is 12.0. The molecule has 0 saturated heterocycles. The van der Waals surface area contributed by atoms with Gasteiger partial charge >= 0.3 is 8.56 Å². The summed E-state index contributed by atoms with van der Waals surface area (Å²) in [4.78, 5) is 13.2. The zero-order chi connectivity index (χ0) is 16.2. The minimum absolute atomic E-state index is 0.0534. The quantitative estimate of drug-likeness (QED) is 0.505. The average molecular weight is 334 g/mol. The molecule has 0 radical (unpaired) electrons. The number of carbonyl (C=O) groups is 1. The summed E-state index contributed by atoms with van der Waals surface area (Å²) in [7, 11) is -3.78. The molecule has 0 N–H and O–H groups in total. The van der Waals surface area contributed by atoms with Gasteiger partial charge in [-0.05, 0) is 51.9 Å². The lowest BCUT2D eigenvalue weighted by Crippen LogP contribution is -2.53. The average Bonchev–Trinajstić information content (AvgIpc) is 2.19. The van der Waals surface area contributed by atoms with Gasteiger partial charge in [0.25, 0.3) is 0 Å². The monoisotopic (exact) mass is 333 g/mol. The van der Waals surface area contributed by atoms with E-state index in [1.165, 1.54) is 6.08 Å². The van der Waals surface area contributed by atoms with Crippen molar-refractivity contribution in [2.45, 2.75) is 51.9 Å². The first-order valence-electron chi connectivity index (χ1n) is 7.06. The van der Waals surface area contributed by atoms with Crippen LogP contribution in [0.2, 0.25) is 51.9 Å². The molecule has 1 amide bonds. The molecule has 0 aliphatic heterocycles. The van der Waals surface area contributed by atoms with Crippen LogP contribution >= 0.6 is 0 Å². The van der Waals surface area contributed by atoms with E-state index in [0.717, 1.165) is 6.04 Å². The fraction of sp³-hybridized carbons (Fsp3) is 0.769. The fourth-order valence-corrected chi connectivity index (χ4v) is 14.5. The van der Waals surface area contributed by atoms with Gasteiger partial charge in [0.05, 0.1) is 0 Å². The molecule has 0 heterocycles. The molecule has 20 heavy (non-hydrogen) atoms. The molecule has 0 spiro atoms. The second-order valence-electron chi connectivity index (χ2n) is 7.28. The summed E-state index contributed by atoms with van der Waals surface area (Å²) in [5.74, 6) is -0.0534. The van der Waals surface area contributed by atoms with Gasteiger partial charge in [-0.1, -0.05) is 6.58 Å². The first-order chi connectivity index (χ1) is 8.78. The molecule has 0 unspecified atom stereocenters. The second kappa shape index (κ2) is 7.17. The van der Waals surface area contributed by atoms with E-state index in [-0.39, 0.29) is 5.91 Å². The van der Waals surface area contributed by atoms with Crippen molar-refractivity contribution in [1.29, 1.82) is 0 Å². The van der Waals surface area contributed by atoms with Crippen LogP contribution in [0.15, 0.2) is 12.7 Å². The van der Waals surface area contributed by atoms with Gasteiger partial charge in [0.2, 0.25) is 5.91 Å². The predicted octanol–water partition coefficient (Wildman–Crippen LogP) is 3.41. The smallest absolute Gasteiger partial charge is 0.316 e. The number of hydrogen-bond donors (Lipinski definition) is 0. The maximum atomic E-state index is 11.6. The molecule has 0 atom stereocenters. The highest BCUT2D eigenvalue weighted by Gasteiger charge is 2.40. The molecule has 4 nitrogen and oxygen atoms in total. The highest BCUT2D eigenvalue weighted by molar-refractivity contribution is 6.87. The second-order valence-corrected chi connectivity index (χ2v) is 20.1. The molecule has 118 valence electrons. The van der Waals surface area contributed by atoms with Crippen LogP contribution in [0.1, 0.15) is 0 Å². The number of amides is 1. The van der Waals surface area contributed by atoms with Crippen molar-refractivity contribution in [3.63, 3.8) is 0 Å². The largest absolute Gasteiger partial charge is 0.437 e. The van der Waals surface area contributed by atoms with Crippen LogP contribution in [0.5, 0.6) is 0 Å². The molecule has 0 aromatic heterocycles. The van der Waals surface area contributed by atoms with Crippen LogP contribution in [0.25, 0.3) is 0 Å². The van der Waals surface area contributed by atoms with Crippen molar-refractivity contribution < 1.29 is 13.0 Å². The zero-order valence-corrected chi connectivity index (χ0v) is 17.4. The van der Waals surface area contributed by atoms with Crippen molar-refractivity contribution in [2.24, 2.45) is 0 Å². The molecule has 0 aromatic carbocycles. The van der Waals surface area contributed by atoms with Crippen molar-refractivity contribution in [3.05, 3.63) is 12.7 Å². The molecule has 0 aliphatic carbocycles. The predicted molar refractivity (Wildman–Crippen MR) is 93.1 cm³/mol. The number of hydrogen-bond acceptors (Lipinski definition) is 3. The summed E-state index contributed by atoms with van der Waals surface area (Å²) in [6, 6.07) is 0.803. The first kappa shape index (κ1) is 19.8. The molecule has 0 fully saturated rings. The summed E-state index contributed by atoms with van der Waals surface area (Å²) >= 11 is 0. The lowest BCUT2D eigenvalue weighted by atomic mass is 10.5. The molecule has 0 bridgehead atoms. The van der Waals surface area contributed by atoms with Gasteiger partial charge in [0, 0.05) is 19.6 Å². The molecule has 0 aliphatic rings. The Balaban J connectivity index is 4.86. The van der Waals surface area contributed by atoms with Gasteiger partial charge in [-0.2, -0.15) is 0 Å². The minimum atomic E-state index is -2.25. The summed E-state index contributed by atoms with van der Waals surface area (Å²) in [6.07, 6.45) is 1.34. The zero-order valence-electron chi connectivity index (χ0n) is 14.4. The van der Waals surface area contributed by atoms with Crippen molar-refractivity contribution in [1.82, 2.24) is 4.90 Å². The van der Waals surface area contributed by atoms with Gasteiger partial charge < -0.3 is 13.1 Å². The van der Waals surface area contributed by atoms with E-state index in [4.69, 9.17) is 8.23 Å². The van der Waals surface area contributed by atoms with Crippen LogP contribution in [-0.2, 0) is 13.0 Å². The van der Waals surface area contributed by atoms with Gasteiger partial charge in [-0.3, -0.25) is 4.79 Å². The van der Waals surface area contributed by atoms with Crippen LogP contribution in [0.4, 0.5) is 0 Å². The number of rotatable bonds is 8. The first-order valence-corrected chi connectivity index (χ1v) is 16.4. The molecule has 0 aromatic rings. The molecular weight excluding hydrogens is 302 g/mol.